The first-order valence-corrected chi connectivity index (χ1v) is 8.50. The summed E-state index contributed by atoms with van der Waals surface area (Å²) in [7, 11) is 0. The van der Waals surface area contributed by atoms with Crippen LogP contribution < -0.4 is 15.8 Å². The van der Waals surface area contributed by atoms with Gasteiger partial charge in [-0.2, -0.15) is 20.2 Å². The molecule has 0 spiro atoms. The maximum Gasteiger partial charge on any atom is 0.232 e. The van der Waals surface area contributed by atoms with Gasteiger partial charge < -0.3 is 20.9 Å². The van der Waals surface area contributed by atoms with Crippen molar-refractivity contribution in [1.29, 1.82) is 5.26 Å². The van der Waals surface area contributed by atoms with Crippen LogP contribution in [0.2, 0.25) is 0 Å². The quantitative estimate of drug-likeness (QED) is 0.560. The molecule has 0 fully saturated rings. The molecule has 1 aromatic heterocycles. The van der Waals surface area contributed by atoms with Crippen LogP contribution in [0.3, 0.4) is 0 Å². The Morgan fingerprint density at radius 3 is 2.71 bits per heavy atom. The average Bonchev–Trinajstić information content (AvgIpc) is 2.69. The van der Waals surface area contributed by atoms with Crippen molar-refractivity contribution >= 4 is 29.2 Å². The molecule has 0 amide bonds. The minimum absolute atomic E-state index is 0.00899. The molecule has 0 aliphatic carbocycles. The van der Waals surface area contributed by atoms with Gasteiger partial charge in [-0.15, -0.1) is 0 Å². The Morgan fingerprint density at radius 1 is 1.21 bits per heavy atom. The minimum atomic E-state index is -0.00899. The number of phenols is 1. The van der Waals surface area contributed by atoms with E-state index >= 15 is 0 Å². The van der Waals surface area contributed by atoms with E-state index in [2.05, 4.69) is 26.3 Å². The second-order valence-corrected chi connectivity index (χ2v) is 5.66. The van der Waals surface area contributed by atoms with E-state index in [-0.39, 0.29) is 29.0 Å². The van der Waals surface area contributed by atoms with Gasteiger partial charge in [0, 0.05) is 5.69 Å². The van der Waals surface area contributed by atoms with Crippen LogP contribution in [0.4, 0.5) is 17.6 Å². The van der Waals surface area contributed by atoms with E-state index in [9.17, 15) is 10.4 Å². The van der Waals surface area contributed by atoms with Crippen LogP contribution in [0.1, 0.15) is 18.3 Å². The summed E-state index contributed by atoms with van der Waals surface area (Å²) < 4.78 is 5.37. The second kappa shape index (κ2) is 8.51. The molecule has 0 atom stereocenters. The number of para-hydroxylation sites is 1. The number of nitrogen functional groups attached to an aromatic ring is 1. The molecule has 3 aromatic rings. The first kappa shape index (κ1) is 18.7. The molecule has 4 N–H and O–H groups in total. The Balaban J connectivity index is 1.95. The molecule has 0 saturated heterocycles. The van der Waals surface area contributed by atoms with E-state index in [1.54, 1.807) is 18.2 Å². The maximum absolute atomic E-state index is 9.82. The number of phenolic OH excluding ortho intramolecular Hbond substituents is 1. The van der Waals surface area contributed by atoms with Crippen molar-refractivity contribution in [3.63, 3.8) is 0 Å². The molecule has 28 heavy (non-hydrogen) atoms. The zero-order valence-corrected chi connectivity index (χ0v) is 15.1. The van der Waals surface area contributed by atoms with Gasteiger partial charge in [0.05, 0.1) is 12.2 Å². The fourth-order valence-electron chi connectivity index (χ4n) is 2.42. The number of nitrogens with zero attached hydrogens (tertiary/aromatic N) is 4. The highest BCUT2D eigenvalue weighted by Crippen LogP contribution is 2.28. The van der Waals surface area contributed by atoms with E-state index in [1.165, 1.54) is 6.07 Å². The number of hydrogen-bond acceptors (Lipinski definition) is 8. The number of rotatable bonds is 6. The highest BCUT2D eigenvalue weighted by atomic mass is 16.5. The molecule has 0 radical (unpaired) electrons. The summed E-state index contributed by atoms with van der Waals surface area (Å²) in [6.07, 6.45) is 1.59. The van der Waals surface area contributed by atoms with Gasteiger partial charge in [-0.05, 0) is 42.8 Å². The predicted molar refractivity (Wildman–Crippen MR) is 107 cm³/mol. The van der Waals surface area contributed by atoms with E-state index in [0.717, 1.165) is 5.69 Å². The van der Waals surface area contributed by atoms with Crippen LogP contribution >= 0.6 is 0 Å². The van der Waals surface area contributed by atoms with Gasteiger partial charge in [-0.25, -0.2) is 0 Å². The molecule has 0 aliphatic heterocycles. The molecule has 8 nitrogen and oxygen atoms in total. The van der Waals surface area contributed by atoms with Crippen LogP contribution in [0.15, 0.2) is 48.5 Å². The van der Waals surface area contributed by atoms with Crippen molar-refractivity contribution in [2.75, 3.05) is 17.7 Å². The summed E-state index contributed by atoms with van der Waals surface area (Å²) in [6.45, 7) is 2.22. The Bertz CT molecular complexity index is 1040. The summed E-state index contributed by atoms with van der Waals surface area (Å²) in [5.74, 6) is 0.715. The third-order valence-corrected chi connectivity index (χ3v) is 3.64. The maximum atomic E-state index is 9.82. The number of allylic oxidation sites excluding steroid dienone is 1. The van der Waals surface area contributed by atoms with Crippen molar-refractivity contribution in [3.05, 3.63) is 59.9 Å². The lowest BCUT2D eigenvalue weighted by molar-refractivity contribution is 0.318. The SMILES string of the molecule is CCOc1cc(/C=C(\C#N)c2nc(N)nc(Nc3ccccc3)n2)ccc1O. The summed E-state index contributed by atoms with van der Waals surface area (Å²) in [4.78, 5) is 12.4. The molecule has 3 rings (SSSR count). The van der Waals surface area contributed by atoms with Gasteiger partial charge in [0.1, 0.15) is 6.07 Å². The Labute approximate surface area is 162 Å². The zero-order valence-electron chi connectivity index (χ0n) is 15.1. The third-order valence-electron chi connectivity index (χ3n) is 3.64. The lowest BCUT2D eigenvalue weighted by Crippen LogP contribution is -2.06. The van der Waals surface area contributed by atoms with Crippen molar-refractivity contribution in [2.45, 2.75) is 6.92 Å². The Hall–Kier alpha value is -4.12. The molecule has 1 heterocycles. The van der Waals surface area contributed by atoms with E-state index in [0.29, 0.717) is 17.9 Å². The first-order valence-electron chi connectivity index (χ1n) is 8.50. The van der Waals surface area contributed by atoms with Gasteiger partial charge in [0.25, 0.3) is 0 Å². The summed E-state index contributed by atoms with van der Waals surface area (Å²) in [5.41, 5.74) is 7.41. The second-order valence-electron chi connectivity index (χ2n) is 5.66. The number of nitrogens with one attached hydrogen (secondary N) is 1. The molecule has 0 aliphatic rings. The smallest absolute Gasteiger partial charge is 0.232 e. The number of nitriles is 1. The topological polar surface area (TPSA) is 130 Å². The first-order chi connectivity index (χ1) is 13.6. The minimum Gasteiger partial charge on any atom is -0.504 e. The number of ether oxygens (including phenoxy) is 1. The highest BCUT2D eigenvalue weighted by Gasteiger charge is 2.11. The fraction of sp³-hybridized carbons (Fsp3) is 0.100. The normalized spacial score (nSPS) is 10.9. The standard InChI is InChI=1S/C20H18N6O2/c1-2-28-17-11-13(8-9-16(17)27)10-14(12-21)18-24-19(22)26-20(25-18)23-15-6-4-3-5-7-15/h3-11,27H,2H2,1H3,(H3,22,23,24,25,26)/b14-10+. The van der Waals surface area contributed by atoms with E-state index in [4.69, 9.17) is 10.5 Å². The number of aromatic hydroxyl groups is 1. The van der Waals surface area contributed by atoms with Crippen LogP contribution in [-0.4, -0.2) is 26.7 Å². The largest absolute Gasteiger partial charge is 0.504 e. The van der Waals surface area contributed by atoms with Crippen molar-refractivity contribution in [3.8, 4) is 17.6 Å². The Kier molecular flexibility index (Phi) is 5.67. The van der Waals surface area contributed by atoms with Gasteiger partial charge in [0.2, 0.25) is 11.9 Å². The van der Waals surface area contributed by atoms with Gasteiger partial charge >= 0.3 is 0 Å². The Morgan fingerprint density at radius 2 is 2.00 bits per heavy atom. The van der Waals surface area contributed by atoms with Gasteiger partial charge in [-0.1, -0.05) is 24.3 Å². The summed E-state index contributed by atoms with van der Waals surface area (Å²) in [5, 5.41) is 22.4. The highest BCUT2D eigenvalue weighted by molar-refractivity contribution is 5.87. The van der Waals surface area contributed by atoms with Gasteiger partial charge in [-0.3, -0.25) is 0 Å². The van der Waals surface area contributed by atoms with E-state index < -0.39 is 0 Å². The fourth-order valence-corrected chi connectivity index (χ4v) is 2.42. The van der Waals surface area contributed by atoms with Crippen LogP contribution in [0.25, 0.3) is 11.6 Å². The van der Waals surface area contributed by atoms with Crippen molar-refractivity contribution in [2.24, 2.45) is 0 Å². The van der Waals surface area contributed by atoms with E-state index in [1.807, 2.05) is 37.3 Å². The van der Waals surface area contributed by atoms with Crippen molar-refractivity contribution < 1.29 is 9.84 Å². The lowest BCUT2D eigenvalue weighted by atomic mass is 10.1. The molecule has 2 aromatic carbocycles. The average molecular weight is 374 g/mol. The van der Waals surface area contributed by atoms with Gasteiger partial charge in [0.15, 0.2) is 17.3 Å². The number of hydrogen-bond donors (Lipinski definition) is 3. The monoisotopic (exact) mass is 374 g/mol. The number of anilines is 3. The number of nitrogens with two attached hydrogens (primary N) is 1. The van der Waals surface area contributed by atoms with Crippen LogP contribution in [-0.2, 0) is 0 Å². The number of benzene rings is 2. The predicted octanol–water partition coefficient (Wildman–Crippen LogP) is 3.37. The van der Waals surface area contributed by atoms with Crippen LogP contribution in [0.5, 0.6) is 11.5 Å². The molecule has 140 valence electrons. The molecule has 8 heteroatoms. The molecule has 0 saturated carbocycles. The molecular formula is C20H18N6O2. The molecular weight excluding hydrogens is 356 g/mol. The zero-order chi connectivity index (χ0) is 19.9. The summed E-state index contributed by atoms with van der Waals surface area (Å²) >= 11 is 0. The lowest BCUT2D eigenvalue weighted by Gasteiger charge is -2.08. The third kappa shape index (κ3) is 4.53. The number of aromatic nitrogens is 3. The summed E-state index contributed by atoms with van der Waals surface area (Å²) in [6, 6.07) is 16.2. The van der Waals surface area contributed by atoms with Crippen LogP contribution in [0, 0.1) is 11.3 Å². The molecule has 0 unspecified atom stereocenters. The molecule has 0 bridgehead atoms. The van der Waals surface area contributed by atoms with Crippen molar-refractivity contribution in [1.82, 2.24) is 15.0 Å².